The number of sulfonamides is 1. The normalized spacial score (nSPS) is 11.8. The smallest absolute Gasteiger partial charge is 0.264 e. The molecule has 0 aliphatic heterocycles. The molecule has 9 nitrogen and oxygen atoms in total. The van der Waals surface area contributed by atoms with E-state index < -0.39 is 28.5 Å². The van der Waals surface area contributed by atoms with E-state index in [-0.39, 0.29) is 23.1 Å². The minimum Gasteiger partial charge on any atom is -0.493 e. The number of hydrogen-bond donors (Lipinski definition) is 1. The van der Waals surface area contributed by atoms with Crippen molar-refractivity contribution in [3.8, 4) is 11.5 Å². The third-order valence-electron chi connectivity index (χ3n) is 6.66. The van der Waals surface area contributed by atoms with Crippen LogP contribution in [0.2, 0.25) is 0 Å². The van der Waals surface area contributed by atoms with E-state index >= 15 is 0 Å². The molecule has 3 rings (SSSR count). The maximum atomic E-state index is 14.0. The SMILES string of the molecule is CCC(C(=O)NC)N(CCc1ccccc1)C(=O)CN(c1ccc(C)cc1)S(=O)(=O)c1ccc(OC)c(OC)c1. The van der Waals surface area contributed by atoms with E-state index in [1.165, 1.54) is 44.4 Å². The van der Waals surface area contributed by atoms with Crippen LogP contribution in [0.3, 0.4) is 0 Å². The van der Waals surface area contributed by atoms with Gasteiger partial charge in [0.1, 0.15) is 12.6 Å². The molecule has 0 radical (unpaired) electrons. The van der Waals surface area contributed by atoms with Crippen molar-refractivity contribution >= 4 is 27.5 Å². The summed E-state index contributed by atoms with van der Waals surface area (Å²) in [4.78, 5) is 28.1. The molecule has 3 aromatic carbocycles. The molecule has 0 bridgehead atoms. The molecule has 214 valence electrons. The molecule has 0 aliphatic carbocycles. The highest BCUT2D eigenvalue weighted by Crippen LogP contribution is 2.32. The van der Waals surface area contributed by atoms with Crippen LogP contribution in [0.5, 0.6) is 11.5 Å². The van der Waals surface area contributed by atoms with E-state index in [2.05, 4.69) is 5.32 Å². The molecule has 0 fully saturated rings. The van der Waals surface area contributed by atoms with Gasteiger partial charge in [-0.2, -0.15) is 0 Å². The fourth-order valence-electron chi connectivity index (χ4n) is 4.41. The molecule has 0 aliphatic rings. The molecule has 0 aromatic heterocycles. The number of ether oxygens (including phenoxy) is 2. The second kappa shape index (κ2) is 13.8. The average molecular weight is 568 g/mol. The Balaban J connectivity index is 2.04. The Hall–Kier alpha value is -4.05. The molecule has 0 saturated carbocycles. The van der Waals surface area contributed by atoms with E-state index in [1.807, 2.05) is 44.2 Å². The lowest BCUT2D eigenvalue weighted by Gasteiger charge is -2.33. The number of benzene rings is 3. The van der Waals surface area contributed by atoms with Crippen molar-refractivity contribution in [1.82, 2.24) is 10.2 Å². The zero-order valence-corrected chi connectivity index (χ0v) is 24.4. The first-order chi connectivity index (χ1) is 19.2. The largest absolute Gasteiger partial charge is 0.493 e. The second-order valence-corrected chi connectivity index (χ2v) is 11.1. The zero-order valence-electron chi connectivity index (χ0n) is 23.6. The van der Waals surface area contributed by atoms with Gasteiger partial charge in [0.15, 0.2) is 11.5 Å². The van der Waals surface area contributed by atoms with Crippen molar-refractivity contribution in [3.05, 3.63) is 83.9 Å². The summed E-state index contributed by atoms with van der Waals surface area (Å²) in [6.07, 6.45) is 0.875. The van der Waals surface area contributed by atoms with Gasteiger partial charge in [-0.05, 0) is 49.6 Å². The Bertz CT molecular complexity index is 1390. The number of nitrogens with zero attached hydrogens (tertiary/aromatic N) is 2. The van der Waals surface area contributed by atoms with Crippen LogP contribution >= 0.6 is 0 Å². The quantitative estimate of drug-likeness (QED) is 0.337. The maximum Gasteiger partial charge on any atom is 0.264 e. The number of amides is 2. The van der Waals surface area contributed by atoms with Crippen LogP contribution < -0.4 is 19.1 Å². The second-order valence-electron chi connectivity index (χ2n) is 9.23. The molecule has 1 N–H and O–H groups in total. The molecule has 10 heteroatoms. The van der Waals surface area contributed by atoms with Gasteiger partial charge < -0.3 is 19.7 Å². The number of nitrogens with one attached hydrogen (secondary N) is 1. The van der Waals surface area contributed by atoms with Crippen molar-refractivity contribution in [2.24, 2.45) is 0 Å². The van der Waals surface area contributed by atoms with Crippen LogP contribution in [-0.4, -0.2) is 65.5 Å². The third kappa shape index (κ3) is 7.12. The lowest BCUT2D eigenvalue weighted by atomic mass is 10.1. The van der Waals surface area contributed by atoms with Gasteiger partial charge in [0.05, 0.1) is 24.8 Å². The highest BCUT2D eigenvalue weighted by atomic mass is 32.2. The standard InChI is InChI=1S/C30H37N3O6S/c1-6-26(30(35)31-3)32(19-18-23-10-8-7-9-11-23)29(34)21-33(24-14-12-22(2)13-15-24)40(36,37)25-16-17-27(38-4)28(20-25)39-5/h7-17,20,26H,6,18-19,21H2,1-5H3,(H,31,35). The number of hydrogen-bond acceptors (Lipinski definition) is 6. The number of carbonyl (C=O) groups is 2. The predicted octanol–water partition coefficient (Wildman–Crippen LogP) is 3.80. The van der Waals surface area contributed by atoms with Crippen molar-refractivity contribution in [3.63, 3.8) is 0 Å². The monoisotopic (exact) mass is 567 g/mol. The Kier molecular flexibility index (Phi) is 10.6. The molecule has 2 amide bonds. The number of methoxy groups -OCH3 is 2. The Morgan fingerprint density at radius 1 is 0.925 bits per heavy atom. The summed E-state index contributed by atoms with van der Waals surface area (Å²) >= 11 is 0. The van der Waals surface area contributed by atoms with Gasteiger partial charge in [0.2, 0.25) is 11.8 Å². The summed E-state index contributed by atoms with van der Waals surface area (Å²) in [7, 11) is 0.173. The van der Waals surface area contributed by atoms with Gasteiger partial charge >= 0.3 is 0 Å². The van der Waals surface area contributed by atoms with Crippen LogP contribution in [0, 0.1) is 6.92 Å². The summed E-state index contributed by atoms with van der Waals surface area (Å²) in [6, 6.07) is 20.0. The number of likely N-dealkylation sites (N-methyl/N-ethyl adjacent to an activating group) is 1. The molecule has 1 atom stereocenters. The van der Waals surface area contributed by atoms with Crippen molar-refractivity contribution in [2.45, 2.75) is 37.6 Å². The van der Waals surface area contributed by atoms with Crippen LogP contribution in [0.1, 0.15) is 24.5 Å². The first-order valence-corrected chi connectivity index (χ1v) is 14.5. The molecule has 0 spiro atoms. The Morgan fingerprint density at radius 3 is 2.15 bits per heavy atom. The van der Waals surface area contributed by atoms with E-state index in [1.54, 1.807) is 24.3 Å². The molecule has 3 aromatic rings. The van der Waals surface area contributed by atoms with E-state index in [4.69, 9.17) is 9.47 Å². The molecular formula is C30H37N3O6S. The van der Waals surface area contributed by atoms with Crippen LogP contribution in [0.4, 0.5) is 5.69 Å². The minimum atomic E-state index is -4.23. The van der Waals surface area contributed by atoms with Gasteiger partial charge in [-0.15, -0.1) is 0 Å². The van der Waals surface area contributed by atoms with Crippen molar-refractivity contribution < 1.29 is 27.5 Å². The van der Waals surface area contributed by atoms with E-state index in [0.29, 0.717) is 24.3 Å². The van der Waals surface area contributed by atoms with E-state index in [0.717, 1.165) is 15.4 Å². The van der Waals surface area contributed by atoms with Crippen molar-refractivity contribution in [1.29, 1.82) is 0 Å². The maximum absolute atomic E-state index is 14.0. The number of carbonyl (C=O) groups excluding carboxylic acids is 2. The first-order valence-electron chi connectivity index (χ1n) is 13.0. The lowest BCUT2D eigenvalue weighted by molar-refractivity contribution is -0.139. The van der Waals surface area contributed by atoms with Gasteiger partial charge in [-0.1, -0.05) is 55.0 Å². The number of aryl methyl sites for hydroxylation is 1. The Labute approximate surface area is 236 Å². The summed E-state index contributed by atoms with van der Waals surface area (Å²) in [5, 5.41) is 2.63. The summed E-state index contributed by atoms with van der Waals surface area (Å²) in [5.41, 5.74) is 2.26. The zero-order chi connectivity index (χ0) is 29.3. The summed E-state index contributed by atoms with van der Waals surface area (Å²) < 4.78 is 39.7. The fourth-order valence-corrected chi connectivity index (χ4v) is 5.84. The number of anilines is 1. The molecule has 1 unspecified atom stereocenters. The molecular weight excluding hydrogens is 530 g/mol. The fraction of sp³-hybridized carbons (Fsp3) is 0.333. The van der Waals surface area contributed by atoms with Gasteiger partial charge in [0.25, 0.3) is 10.0 Å². The van der Waals surface area contributed by atoms with Crippen LogP contribution in [0.15, 0.2) is 77.7 Å². The lowest BCUT2D eigenvalue weighted by Crippen LogP contribution is -2.52. The topological polar surface area (TPSA) is 105 Å². The highest BCUT2D eigenvalue weighted by Gasteiger charge is 2.33. The van der Waals surface area contributed by atoms with Gasteiger partial charge in [-0.25, -0.2) is 8.42 Å². The van der Waals surface area contributed by atoms with E-state index in [9.17, 15) is 18.0 Å². The average Bonchev–Trinajstić information content (AvgIpc) is 2.98. The van der Waals surface area contributed by atoms with Crippen LogP contribution in [-0.2, 0) is 26.0 Å². The van der Waals surface area contributed by atoms with Gasteiger partial charge in [-0.3, -0.25) is 13.9 Å². The molecule has 40 heavy (non-hydrogen) atoms. The van der Waals surface area contributed by atoms with Gasteiger partial charge in [0, 0.05) is 19.7 Å². The summed E-state index contributed by atoms with van der Waals surface area (Å²) in [6.45, 7) is 3.46. The molecule has 0 saturated heterocycles. The third-order valence-corrected chi connectivity index (χ3v) is 8.43. The summed E-state index contributed by atoms with van der Waals surface area (Å²) in [5.74, 6) is -0.179. The van der Waals surface area contributed by atoms with Crippen molar-refractivity contribution in [2.75, 3.05) is 38.7 Å². The highest BCUT2D eigenvalue weighted by molar-refractivity contribution is 7.92. The first kappa shape index (κ1) is 30.5. The number of rotatable bonds is 13. The van der Waals surface area contributed by atoms with Crippen LogP contribution in [0.25, 0.3) is 0 Å². The molecule has 0 heterocycles. The minimum absolute atomic E-state index is 0.0623. The predicted molar refractivity (Wildman–Crippen MR) is 155 cm³/mol. The Morgan fingerprint density at radius 2 is 1.57 bits per heavy atom.